The van der Waals surface area contributed by atoms with E-state index in [1.54, 1.807) is 18.2 Å². The van der Waals surface area contributed by atoms with Gasteiger partial charge in [-0.1, -0.05) is 23.2 Å². The molecule has 2 aliphatic carbocycles. The molecule has 4 atom stereocenters. The molecule has 19 heavy (non-hydrogen) atoms. The van der Waals surface area contributed by atoms with Crippen LogP contribution in [0.5, 0.6) is 0 Å². The van der Waals surface area contributed by atoms with Crippen LogP contribution in [0.15, 0.2) is 18.2 Å². The number of amides is 1. The SMILES string of the molecule is NC1C2CCC(C2)C1C(=O)Nc1ccc(Cl)c(Cl)c1. The fourth-order valence-electron chi connectivity index (χ4n) is 3.52. The fraction of sp³-hybridized carbons (Fsp3) is 0.500. The average molecular weight is 299 g/mol. The summed E-state index contributed by atoms with van der Waals surface area (Å²) < 4.78 is 0. The second-order valence-corrected chi connectivity index (χ2v) is 6.37. The molecule has 4 unspecified atom stereocenters. The molecule has 2 aliphatic rings. The van der Waals surface area contributed by atoms with Crippen molar-refractivity contribution in [1.29, 1.82) is 0 Å². The molecule has 0 saturated heterocycles. The summed E-state index contributed by atoms with van der Waals surface area (Å²) in [6.45, 7) is 0. The van der Waals surface area contributed by atoms with E-state index >= 15 is 0 Å². The maximum atomic E-state index is 12.3. The Morgan fingerprint density at radius 2 is 1.95 bits per heavy atom. The lowest BCUT2D eigenvalue weighted by atomic mass is 9.84. The van der Waals surface area contributed by atoms with Gasteiger partial charge < -0.3 is 11.1 Å². The summed E-state index contributed by atoms with van der Waals surface area (Å²) in [6, 6.07) is 5.10. The first-order valence-electron chi connectivity index (χ1n) is 6.58. The Morgan fingerprint density at radius 1 is 1.21 bits per heavy atom. The number of hydrogen-bond acceptors (Lipinski definition) is 2. The van der Waals surface area contributed by atoms with Crippen LogP contribution in [0.25, 0.3) is 0 Å². The van der Waals surface area contributed by atoms with Gasteiger partial charge in [0, 0.05) is 11.7 Å². The number of nitrogens with one attached hydrogen (secondary N) is 1. The zero-order valence-corrected chi connectivity index (χ0v) is 11.9. The van der Waals surface area contributed by atoms with Gasteiger partial charge >= 0.3 is 0 Å². The molecule has 3 rings (SSSR count). The summed E-state index contributed by atoms with van der Waals surface area (Å²) in [5.74, 6) is 0.920. The molecule has 2 fully saturated rings. The summed E-state index contributed by atoms with van der Waals surface area (Å²) in [5.41, 5.74) is 6.84. The predicted molar refractivity (Wildman–Crippen MR) is 77.4 cm³/mol. The second kappa shape index (κ2) is 4.97. The van der Waals surface area contributed by atoms with Crippen LogP contribution in [0.3, 0.4) is 0 Å². The number of halogens is 2. The standard InChI is InChI=1S/C14H16Cl2N2O/c15-10-4-3-9(6-11(10)16)18-14(19)12-7-1-2-8(5-7)13(12)17/h3-4,6-8,12-13H,1-2,5,17H2,(H,18,19). The molecule has 5 heteroatoms. The van der Waals surface area contributed by atoms with E-state index in [2.05, 4.69) is 5.32 Å². The van der Waals surface area contributed by atoms with Crippen molar-refractivity contribution in [3.8, 4) is 0 Å². The van der Waals surface area contributed by atoms with E-state index in [1.165, 1.54) is 6.42 Å². The first kappa shape index (κ1) is 13.2. The van der Waals surface area contributed by atoms with Gasteiger partial charge in [0.25, 0.3) is 0 Å². The van der Waals surface area contributed by atoms with E-state index in [0.29, 0.717) is 27.6 Å². The van der Waals surface area contributed by atoms with Crippen LogP contribution in [0.1, 0.15) is 19.3 Å². The van der Waals surface area contributed by atoms with Crippen LogP contribution in [-0.2, 0) is 4.79 Å². The van der Waals surface area contributed by atoms with Gasteiger partial charge in [0.1, 0.15) is 0 Å². The highest BCUT2D eigenvalue weighted by molar-refractivity contribution is 6.42. The molecule has 1 amide bonds. The van der Waals surface area contributed by atoms with Crippen LogP contribution >= 0.6 is 23.2 Å². The Balaban J connectivity index is 1.73. The number of rotatable bonds is 2. The van der Waals surface area contributed by atoms with Gasteiger partial charge in [-0.2, -0.15) is 0 Å². The molecule has 3 nitrogen and oxygen atoms in total. The molecule has 2 bridgehead atoms. The summed E-state index contributed by atoms with van der Waals surface area (Å²) in [7, 11) is 0. The molecule has 2 saturated carbocycles. The van der Waals surface area contributed by atoms with Crippen molar-refractivity contribution in [2.24, 2.45) is 23.5 Å². The Morgan fingerprint density at radius 3 is 2.58 bits per heavy atom. The molecule has 0 aromatic heterocycles. The molecule has 102 valence electrons. The van der Waals surface area contributed by atoms with Crippen molar-refractivity contribution in [3.05, 3.63) is 28.2 Å². The van der Waals surface area contributed by atoms with E-state index in [-0.39, 0.29) is 17.9 Å². The largest absolute Gasteiger partial charge is 0.327 e. The number of carbonyl (C=O) groups excluding carboxylic acids is 1. The van der Waals surface area contributed by atoms with Crippen LogP contribution in [-0.4, -0.2) is 11.9 Å². The van der Waals surface area contributed by atoms with E-state index in [4.69, 9.17) is 28.9 Å². The van der Waals surface area contributed by atoms with Crippen LogP contribution < -0.4 is 11.1 Å². The molecule has 1 aromatic carbocycles. The molecular formula is C14H16Cl2N2O. The van der Waals surface area contributed by atoms with E-state index < -0.39 is 0 Å². The summed E-state index contributed by atoms with van der Waals surface area (Å²) in [5, 5.41) is 3.83. The third-order valence-corrected chi connectivity index (χ3v) is 5.21. The van der Waals surface area contributed by atoms with Crippen molar-refractivity contribution >= 4 is 34.8 Å². The third-order valence-electron chi connectivity index (χ3n) is 4.47. The topological polar surface area (TPSA) is 55.1 Å². The van der Waals surface area contributed by atoms with E-state index in [1.807, 2.05) is 0 Å². The van der Waals surface area contributed by atoms with Crippen LogP contribution in [0.2, 0.25) is 10.0 Å². The first-order valence-corrected chi connectivity index (χ1v) is 7.33. The molecule has 1 aromatic rings. The molecule has 0 aliphatic heterocycles. The minimum atomic E-state index is -0.0618. The van der Waals surface area contributed by atoms with Crippen molar-refractivity contribution < 1.29 is 4.79 Å². The monoisotopic (exact) mass is 298 g/mol. The minimum absolute atomic E-state index is 0.00141. The van der Waals surface area contributed by atoms with Gasteiger partial charge in [0.2, 0.25) is 5.91 Å². The van der Waals surface area contributed by atoms with Crippen LogP contribution in [0, 0.1) is 17.8 Å². The Labute approximate surface area is 122 Å². The van der Waals surface area contributed by atoms with Gasteiger partial charge in [0.05, 0.1) is 16.0 Å². The van der Waals surface area contributed by atoms with Gasteiger partial charge in [-0.05, 0) is 49.3 Å². The van der Waals surface area contributed by atoms with Gasteiger partial charge in [-0.25, -0.2) is 0 Å². The van der Waals surface area contributed by atoms with E-state index in [0.717, 1.165) is 12.8 Å². The maximum Gasteiger partial charge on any atom is 0.229 e. The zero-order chi connectivity index (χ0) is 13.6. The Kier molecular flexibility index (Phi) is 3.46. The fourth-order valence-corrected chi connectivity index (χ4v) is 3.82. The van der Waals surface area contributed by atoms with Gasteiger partial charge in [-0.15, -0.1) is 0 Å². The first-order chi connectivity index (χ1) is 9.06. The minimum Gasteiger partial charge on any atom is -0.327 e. The second-order valence-electron chi connectivity index (χ2n) is 5.55. The zero-order valence-electron chi connectivity index (χ0n) is 10.4. The number of benzene rings is 1. The van der Waals surface area contributed by atoms with Gasteiger partial charge in [0.15, 0.2) is 0 Å². The highest BCUT2D eigenvalue weighted by atomic mass is 35.5. The normalized spacial score (nSPS) is 32.6. The number of hydrogen-bond donors (Lipinski definition) is 2. The van der Waals surface area contributed by atoms with Crippen molar-refractivity contribution in [1.82, 2.24) is 0 Å². The predicted octanol–water partition coefficient (Wildman–Crippen LogP) is 3.31. The third kappa shape index (κ3) is 2.35. The lowest BCUT2D eigenvalue weighted by Gasteiger charge is -2.27. The average Bonchev–Trinajstić information content (AvgIpc) is 2.94. The molecule has 0 heterocycles. The highest BCUT2D eigenvalue weighted by Gasteiger charge is 2.49. The molecule has 3 N–H and O–H groups in total. The molecule has 0 spiro atoms. The highest BCUT2D eigenvalue weighted by Crippen LogP contribution is 2.47. The number of nitrogens with two attached hydrogens (primary N) is 1. The number of carbonyl (C=O) groups is 1. The summed E-state index contributed by atoms with van der Waals surface area (Å²) >= 11 is 11.8. The van der Waals surface area contributed by atoms with Crippen molar-refractivity contribution in [3.63, 3.8) is 0 Å². The quantitative estimate of drug-likeness (QED) is 0.880. The molecular weight excluding hydrogens is 283 g/mol. The van der Waals surface area contributed by atoms with Crippen molar-refractivity contribution in [2.75, 3.05) is 5.32 Å². The van der Waals surface area contributed by atoms with Crippen LogP contribution in [0.4, 0.5) is 5.69 Å². The number of fused-ring (bicyclic) bond motifs is 2. The lowest BCUT2D eigenvalue weighted by Crippen LogP contribution is -2.42. The Bertz CT molecular complexity index is 518. The lowest BCUT2D eigenvalue weighted by molar-refractivity contribution is -0.121. The number of anilines is 1. The maximum absolute atomic E-state index is 12.3. The van der Waals surface area contributed by atoms with E-state index in [9.17, 15) is 4.79 Å². The smallest absolute Gasteiger partial charge is 0.229 e. The van der Waals surface area contributed by atoms with Crippen molar-refractivity contribution in [2.45, 2.75) is 25.3 Å². The summed E-state index contributed by atoms with van der Waals surface area (Å²) in [6.07, 6.45) is 3.39. The summed E-state index contributed by atoms with van der Waals surface area (Å²) in [4.78, 5) is 12.3. The molecule has 0 radical (unpaired) electrons. The Hall–Kier alpha value is -0.770. The van der Waals surface area contributed by atoms with Gasteiger partial charge in [-0.3, -0.25) is 4.79 Å².